The van der Waals surface area contributed by atoms with Crippen LogP contribution in [0.25, 0.3) is 0 Å². The number of aryl methyl sites for hydroxylation is 1. The highest BCUT2D eigenvalue weighted by Crippen LogP contribution is 1.96. The molecule has 0 aliphatic heterocycles. The monoisotopic (exact) mass is 193 g/mol. The Bertz CT molecular complexity index is 370. The number of anilines is 1. The predicted octanol–water partition coefficient (Wildman–Crippen LogP) is 1.25. The van der Waals surface area contributed by atoms with Gasteiger partial charge < -0.3 is 9.88 Å². The van der Waals surface area contributed by atoms with Crippen LogP contribution in [0.2, 0.25) is 0 Å². The molecule has 0 radical (unpaired) electrons. The van der Waals surface area contributed by atoms with Crippen LogP contribution in [-0.2, 0) is 6.54 Å². The lowest BCUT2D eigenvalue weighted by Crippen LogP contribution is -2.26. The summed E-state index contributed by atoms with van der Waals surface area (Å²) < 4.78 is 1.60. The van der Waals surface area contributed by atoms with E-state index >= 15 is 0 Å². The molecule has 0 spiro atoms. The molecule has 1 N–H and O–H groups in total. The summed E-state index contributed by atoms with van der Waals surface area (Å²) in [6.45, 7) is 8.11. The number of rotatable bonds is 4. The highest BCUT2D eigenvalue weighted by atomic mass is 16.1. The summed E-state index contributed by atoms with van der Waals surface area (Å²) >= 11 is 0. The largest absolute Gasteiger partial charge is 0.360 e. The summed E-state index contributed by atoms with van der Waals surface area (Å²) in [6.07, 6.45) is 5.01. The van der Waals surface area contributed by atoms with E-state index < -0.39 is 0 Å². The highest BCUT2D eigenvalue weighted by Gasteiger charge is 2.04. The molecular weight excluding hydrogens is 178 g/mol. The fourth-order valence-electron chi connectivity index (χ4n) is 1.07. The topological polar surface area (TPSA) is 46.9 Å². The lowest BCUT2D eigenvalue weighted by atomic mass is 10.3. The second kappa shape index (κ2) is 4.60. The van der Waals surface area contributed by atoms with Gasteiger partial charge in [-0.1, -0.05) is 6.08 Å². The van der Waals surface area contributed by atoms with Crippen molar-refractivity contribution in [1.29, 1.82) is 0 Å². The Morgan fingerprint density at radius 2 is 2.50 bits per heavy atom. The number of hydrogen-bond donors (Lipinski definition) is 1. The number of nitrogens with one attached hydrogen (secondary N) is 1. The molecule has 1 rings (SSSR count). The quantitative estimate of drug-likeness (QED) is 0.732. The van der Waals surface area contributed by atoms with Crippen molar-refractivity contribution in [2.45, 2.75) is 26.4 Å². The first-order valence-corrected chi connectivity index (χ1v) is 4.63. The zero-order valence-electron chi connectivity index (χ0n) is 8.53. The molecule has 0 saturated heterocycles. The second-order valence-electron chi connectivity index (χ2n) is 3.04. The van der Waals surface area contributed by atoms with Crippen LogP contribution < -0.4 is 10.9 Å². The Kier molecular flexibility index (Phi) is 3.45. The van der Waals surface area contributed by atoms with E-state index in [0.717, 1.165) is 0 Å². The van der Waals surface area contributed by atoms with Gasteiger partial charge in [-0.25, -0.2) is 4.98 Å². The van der Waals surface area contributed by atoms with E-state index in [1.54, 1.807) is 23.0 Å². The number of hydrogen-bond acceptors (Lipinski definition) is 3. The van der Waals surface area contributed by atoms with E-state index in [0.29, 0.717) is 12.4 Å². The Morgan fingerprint density at radius 3 is 3.07 bits per heavy atom. The average Bonchev–Trinajstić information content (AvgIpc) is 2.21. The Hall–Kier alpha value is -1.58. The van der Waals surface area contributed by atoms with Gasteiger partial charge in [0.1, 0.15) is 0 Å². The van der Waals surface area contributed by atoms with Gasteiger partial charge >= 0.3 is 0 Å². The zero-order chi connectivity index (χ0) is 10.6. The van der Waals surface area contributed by atoms with Crippen LogP contribution in [-0.4, -0.2) is 15.6 Å². The molecule has 0 bridgehead atoms. The fraction of sp³-hybridized carbons (Fsp3) is 0.400. The van der Waals surface area contributed by atoms with E-state index in [1.807, 2.05) is 13.8 Å². The van der Waals surface area contributed by atoms with Crippen molar-refractivity contribution in [1.82, 2.24) is 9.55 Å². The van der Waals surface area contributed by atoms with Crippen molar-refractivity contribution in [2.24, 2.45) is 0 Å². The first-order chi connectivity index (χ1) is 6.69. The van der Waals surface area contributed by atoms with Crippen molar-refractivity contribution in [3.8, 4) is 0 Å². The van der Waals surface area contributed by atoms with E-state index in [1.165, 1.54) is 0 Å². The van der Waals surface area contributed by atoms with Crippen molar-refractivity contribution in [2.75, 3.05) is 5.32 Å². The molecule has 0 saturated carbocycles. The van der Waals surface area contributed by atoms with Crippen LogP contribution in [0.5, 0.6) is 0 Å². The van der Waals surface area contributed by atoms with Crippen LogP contribution in [0.15, 0.2) is 29.8 Å². The van der Waals surface area contributed by atoms with Gasteiger partial charge in [-0.3, -0.25) is 4.79 Å². The molecule has 4 nitrogen and oxygen atoms in total. The van der Waals surface area contributed by atoms with E-state index in [-0.39, 0.29) is 11.6 Å². The van der Waals surface area contributed by atoms with Crippen LogP contribution in [0.1, 0.15) is 13.8 Å². The third-order valence-electron chi connectivity index (χ3n) is 1.97. The van der Waals surface area contributed by atoms with Crippen LogP contribution in [0.3, 0.4) is 0 Å². The first kappa shape index (κ1) is 10.5. The number of aromatic nitrogens is 2. The van der Waals surface area contributed by atoms with Crippen LogP contribution in [0, 0.1) is 0 Å². The summed E-state index contributed by atoms with van der Waals surface area (Å²) in [5.41, 5.74) is -0.0938. The molecule has 1 heterocycles. The van der Waals surface area contributed by atoms with Crippen molar-refractivity contribution >= 4 is 5.82 Å². The van der Waals surface area contributed by atoms with Gasteiger partial charge in [0.05, 0.1) is 0 Å². The van der Waals surface area contributed by atoms with Crippen molar-refractivity contribution in [3.63, 3.8) is 0 Å². The predicted molar refractivity (Wildman–Crippen MR) is 57.5 cm³/mol. The van der Waals surface area contributed by atoms with Gasteiger partial charge in [-0.15, -0.1) is 6.58 Å². The average molecular weight is 193 g/mol. The maximum absolute atomic E-state index is 11.7. The fourth-order valence-corrected chi connectivity index (χ4v) is 1.07. The maximum Gasteiger partial charge on any atom is 0.293 e. The lowest BCUT2D eigenvalue weighted by molar-refractivity contribution is 0.717. The van der Waals surface area contributed by atoms with Gasteiger partial charge in [-0.2, -0.15) is 0 Å². The van der Waals surface area contributed by atoms with Crippen molar-refractivity contribution < 1.29 is 0 Å². The first-order valence-electron chi connectivity index (χ1n) is 4.63. The SMILES string of the molecule is C=CC(C)Nc1nccn(CC)c1=O. The minimum absolute atomic E-state index is 0.0444. The van der Waals surface area contributed by atoms with Gasteiger partial charge in [-0.05, 0) is 13.8 Å². The van der Waals surface area contributed by atoms with E-state index in [4.69, 9.17) is 0 Å². The molecule has 0 aliphatic rings. The van der Waals surface area contributed by atoms with Crippen molar-refractivity contribution in [3.05, 3.63) is 35.4 Å². The molecule has 14 heavy (non-hydrogen) atoms. The molecule has 0 fully saturated rings. The Balaban J connectivity index is 2.98. The molecule has 1 atom stereocenters. The molecule has 1 unspecified atom stereocenters. The van der Waals surface area contributed by atoms with Gasteiger partial charge in [0.25, 0.3) is 5.56 Å². The molecule has 4 heteroatoms. The summed E-state index contributed by atoms with van der Waals surface area (Å²) in [7, 11) is 0. The van der Waals surface area contributed by atoms with E-state index in [2.05, 4.69) is 16.9 Å². The highest BCUT2D eigenvalue weighted by molar-refractivity contribution is 5.33. The summed E-state index contributed by atoms with van der Waals surface area (Å²) in [5, 5.41) is 2.97. The van der Waals surface area contributed by atoms with Crippen LogP contribution in [0.4, 0.5) is 5.82 Å². The maximum atomic E-state index is 11.7. The molecular formula is C10H15N3O. The normalized spacial score (nSPS) is 12.1. The standard InChI is InChI=1S/C10H15N3O/c1-4-8(3)12-9-10(14)13(5-2)7-6-11-9/h4,6-8H,1,5H2,2-3H3,(H,11,12). The van der Waals surface area contributed by atoms with E-state index in [9.17, 15) is 4.79 Å². The third-order valence-corrected chi connectivity index (χ3v) is 1.97. The summed E-state index contributed by atoms with van der Waals surface area (Å²) in [6, 6.07) is 0.0444. The molecule has 0 aromatic carbocycles. The smallest absolute Gasteiger partial charge is 0.293 e. The minimum atomic E-state index is -0.0938. The Morgan fingerprint density at radius 1 is 1.79 bits per heavy atom. The summed E-state index contributed by atoms with van der Waals surface area (Å²) in [5.74, 6) is 0.377. The molecule has 1 aromatic rings. The van der Waals surface area contributed by atoms with Gasteiger partial charge in [0.15, 0.2) is 5.82 Å². The second-order valence-corrected chi connectivity index (χ2v) is 3.04. The lowest BCUT2D eigenvalue weighted by Gasteiger charge is -2.10. The van der Waals surface area contributed by atoms with Gasteiger partial charge in [0.2, 0.25) is 0 Å². The minimum Gasteiger partial charge on any atom is -0.360 e. The molecule has 76 valence electrons. The Labute approximate surface area is 83.3 Å². The number of nitrogens with zero attached hydrogens (tertiary/aromatic N) is 2. The van der Waals surface area contributed by atoms with Gasteiger partial charge in [0, 0.05) is 25.0 Å². The molecule has 0 aliphatic carbocycles. The molecule has 0 amide bonds. The van der Waals surface area contributed by atoms with Crippen LogP contribution >= 0.6 is 0 Å². The summed E-state index contributed by atoms with van der Waals surface area (Å²) in [4.78, 5) is 15.6. The third kappa shape index (κ3) is 2.22. The molecule has 1 aromatic heterocycles. The zero-order valence-corrected chi connectivity index (χ0v) is 8.53.